The Balaban J connectivity index is 0.000000509. The molecule has 2 amide bonds. The second-order valence-corrected chi connectivity index (χ2v) is 8.76. The summed E-state index contributed by atoms with van der Waals surface area (Å²) >= 11 is 0. The third-order valence-electron chi connectivity index (χ3n) is 6.07. The summed E-state index contributed by atoms with van der Waals surface area (Å²) in [5.74, 6) is -2.45. The first-order valence-electron chi connectivity index (χ1n) is 11.4. The lowest BCUT2D eigenvalue weighted by atomic mass is 9.84. The molecule has 188 valence electrons. The van der Waals surface area contributed by atoms with Crippen molar-refractivity contribution < 1.29 is 32.7 Å². The molecule has 1 aromatic rings. The number of benzene rings is 1. The van der Waals surface area contributed by atoms with E-state index < -0.39 is 18.2 Å². The number of hydrogen-bond donors (Lipinski definition) is 3. The maximum atomic E-state index is 12.6. The number of hydrogen-bond acceptors (Lipinski definition) is 4. The molecule has 0 radical (unpaired) electrons. The van der Waals surface area contributed by atoms with Crippen LogP contribution in [0.15, 0.2) is 36.4 Å². The van der Waals surface area contributed by atoms with Crippen molar-refractivity contribution in [2.24, 2.45) is 11.7 Å². The Bertz CT molecular complexity index is 857. The van der Waals surface area contributed by atoms with Crippen molar-refractivity contribution in [3.8, 4) is 0 Å². The van der Waals surface area contributed by atoms with E-state index in [0.29, 0.717) is 19.0 Å². The molecule has 0 saturated heterocycles. The van der Waals surface area contributed by atoms with Gasteiger partial charge in [0.05, 0.1) is 6.04 Å². The van der Waals surface area contributed by atoms with Gasteiger partial charge in [-0.2, -0.15) is 13.2 Å². The van der Waals surface area contributed by atoms with E-state index in [-0.39, 0.29) is 17.9 Å². The molecule has 0 aromatic heterocycles. The number of rotatable bonds is 7. The average Bonchev–Trinajstić information content (AvgIpc) is 3.22. The van der Waals surface area contributed by atoms with Crippen molar-refractivity contribution in [3.63, 3.8) is 0 Å². The molecule has 1 aliphatic carbocycles. The first kappa shape index (κ1) is 27.4. The van der Waals surface area contributed by atoms with Crippen molar-refractivity contribution in [2.75, 3.05) is 0 Å². The highest BCUT2D eigenvalue weighted by Gasteiger charge is 2.38. The Labute approximate surface area is 197 Å². The summed E-state index contributed by atoms with van der Waals surface area (Å²) in [6.45, 7) is 3.11. The zero-order valence-corrected chi connectivity index (χ0v) is 19.2. The number of nitrogens with two attached hydrogens (primary N) is 1. The van der Waals surface area contributed by atoms with Crippen LogP contribution in [0.25, 0.3) is 0 Å². The predicted octanol–water partition coefficient (Wildman–Crippen LogP) is 3.52. The number of carbonyl (C=O) groups is 3. The highest BCUT2D eigenvalue weighted by Crippen LogP contribution is 2.28. The maximum Gasteiger partial charge on any atom is 0.490 e. The lowest BCUT2D eigenvalue weighted by molar-refractivity contribution is -0.192. The van der Waals surface area contributed by atoms with Crippen LogP contribution in [0.4, 0.5) is 13.2 Å². The van der Waals surface area contributed by atoms with Crippen LogP contribution < -0.4 is 11.1 Å². The minimum Gasteiger partial charge on any atom is -0.475 e. The third-order valence-corrected chi connectivity index (χ3v) is 6.07. The normalized spacial score (nSPS) is 18.1. The Kier molecular flexibility index (Phi) is 10.1. The molecule has 3 rings (SSSR count). The van der Waals surface area contributed by atoms with Crippen LogP contribution in [-0.2, 0) is 27.5 Å². The molecule has 10 heteroatoms. The minimum atomic E-state index is -5.08. The van der Waals surface area contributed by atoms with E-state index in [4.69, 9.17) is 15.6 Å². The summed E-state index contributed by atoms with van der Waals surface area (Å²) in [5.41, 5.74) is 7.86. The van der Waals surface area contributed by atoms with Crippen LogP contribution in [0.1, 0.15) is 56.6 Å². The van der Waals surface area contributed by atoms with Gasteiger partial charge in [0.1, 0.15) is 0 Å². The number of amides is 2. The molecule has 2 atom stereocenters. The zero-order valence-electron chi connectivity index (χ0n) is 19.2. The molecular formula is C24H32F3N3O4. The second kappa shape index (κ2) is 12.5. The Hall–Kier alpha value is -2.88. The summed E-state index contributed by atoms with van der Waals surface area (Å²) in [4.78, 5) is 34.9. The fraction of sp³-hybridized carbons (Fsp3) is 0.542. The number of carbonyl (C=O) groups excluding carboxylic acids is 2. The minimum absolute atomic E-state index is 0.00970. The smallest absolute Gasteiger partial charge is 0.475 e. The van der Waals surface area contributed by atoms with Gasteiger partial charge in [0.25, 0.3) is 0 Å². The van der Waals surface area contributed by atoms with Crippen LogP contribution in [0.5, 0.6) is 0 Å². The summed E-state index contributed by atoms with van der Waals surface area (Å²) < 4.78 is 31.7. The molecule has 1 aromatic carbocycles. The van der Waals surface area contributed by atoms with Crippen LogP contribution in [0.2, 0.25) is 0 Å². The lowest BCUT2D eigenvalue weighted by Crippen LogP contribution is -2.44. The van der Waals surface area contributed by atoms with Crippen molar-refractivity contribution in [3.05, 3.63) is 47.5 Å². The molecule has 0 unspecified atom stereocenters. The van der Waals surface area contributed by atoms with E-state index >= 15 is 0 Å². The number of primary amides is 1. The third kappa shape index (κ3) is 8.81. The van der Waals surface area contributed by atoms with Gasteiger partial charge in [-0.1, -0.05) is 62.4 Å². The van der Waals surface area contributed by atoms with Crippen molar-refractivity contribution in [1.29, 1.82) is 0 Å². The zero-order chi connectivity index (χ0) is 25.3. The number of fused-ring (bicyclic) bond motifs is 1. The van der Waals surface area contributed by atoms with Gasteiger partial charge < -0.3 is 15.7 Å². The van der Waals surface area contributed by atoms with E-state index in [1.54, 1.807) is 13.0 Å². The first-order chi connectivity index (χ1) is 16.0. The van der Waals surface area contributed by atoms with Gasteiger partial charge in [-0.3, -0.25) is 14.9 Å². The number of aliphatic carboxylic acids is 1. The number of nitrogens with one attached hydrogen (secondary N) is 1. The molecule has 1 heterocycles. The topological polar surface area (TPSA) is 113 Å². The molecule has 0 spiro atoms. The molecular weight excluding hydrogens is 451 g/mol. The van der Waals surface area contributed by atoms with E-state index in [1.165, 1.54) is 43.2 Å². The lowest BCUT2D eigenvalue weighted by Gasteiger charge is -2.27. The van der Waals surface area contributed by atoms with Crippen LogP contribution >= 0.6 is 0 Å². The van der Waals surface area contributed by atoms with E-state index in [2.05, 4.69) is 17.4 Å². The summed E-state index contributed by atoms with van der Waals surface area (Å²) in [7, 11) is 0. The number of nitrogens with zero attached hydrogens (tertiary/aromatic N) is 1. The standard InChI is InChI=1S/C22H31N3O2.C2HF3O2/c1-16(22(23)27)24-20(13-17-7-3-2-4-8-17)11-12-21(26)25-14-18-9-5-6-10-19(18)15-25;3-2(4,5)1(6)7/h5-6,9-12,16-17,20,24H,2-4,7-8,13-15H2,1H3,(H2,23,27);(H,6,7)/b12-11+;/t16-,20+;/m0./s1. The molecule has 4 N–H and O–H groups in total. The first-order valence-corrected chi connectivity index (χ1v) is 11.4. The fourth-order valence-electron chi connectivity index (χ4n) is 4.18. The van der Waals surface area contributed by atoms with E-state index in [0.717, 1.165) is 6.42 Å². The Morgan fingerprint density at radius 3 is 2.15 bits per heavy atom. The van der Waals surface area contributed by atoms with Gasteiger partial charge >= 0.3 is 12.1 Å². The predicted molar refractivity (Wildman–Crippen MR) is 120 cm³/mol. The summed E-state index contributed by atoms with van der Waals surface area (Å²) in [6, 6.07) is 7.76. The monoisotopic (exact) mass is 483 g/mol. The van der Waals surface area contributed by atoms with Crippen LogP contribution in [0.3, 0.4) is 0 Å². The average molecular weight is 484 g/mol. The van der Waals surface area contributed by atoms with Crippen LogP contribution in [-0.4, -0.2) is 46.1 Å². The molecule has 34 heavy (non-hydrogen) atoms. The highest BCUT2D eigenvalue weighted by molar-refractivity contribution is 5.88. The SMILES string of the molecule is C[C@H](N[C@H](/C=C/C(=O)N1Cc2ccccc2C1)CC1CCCCC1)C(N)=O.O=C(O)C(F)(F)F. The van der Waals surface area contributed by atoms with Gasteiger partial charge in [0.2, 0.25) is 11.8 Å². The molecule has 2 aliphatic rings. The molecule has 7 nitrogen and oxygen atoms in total. The van der Waals surface area contributed by atoms with Crippen LogP contribution in [0, 0.1) is 5.92 Å². The number of carboxylic acid groups (broad SMARTS) is 1. The van der Waals surface area contributed by atoms with Crippen molar-refractivity contribution in [2.45, 2.75) is 76.8 Å². The van der Waals surface area contributed by atoms with E-state index in [9.17, 15) is 22.8 Å². The van der Waals surface area contributed by atoms with Gasteiger partial charge in [-0.15, -0.1) is 0 Å². The highest BCUT2D eigenvalue weighted by atomic mass is 19.4. The van der Waals surface area contributed by atoms with Crippen molar-refractivity contribution >= 4 is 17.8 Å². The Morgan fingerprint density at radius 2 is 1.68 bits per heavy atom. The molecule has 1 aliphatic heterocycles. The number of alkyl halides is 3. The summed E-state index contributed by atoms with van der Waals surface area (Å²) in [6.07, 6.45) is 5.78. The quantitative estimate of drug-likeness (QED) is 0.514. The fourth-order valence-corrected chi connectivity index (χ4v) is 4.18. The van der Waals surface area contributed by atoms with E-state index in [1.807, 2.05) is 23.1 Å². The van der Waals surface area contributed by atoms with Gasteiger partial charge in [-0.25, -0.2) is 4.79 Å². The maximum absolute atomic E-state index is 12.6. The molecule has 0 bridgehead atoms. The molecule has 1 fully saturated rings. The molecule has 1 saturated carbocycles. The van der Waals surface area contributed by atoms with Gasteiger partial charge in [0.15, 0.2) is 0 Å². The van der Waals surface area contributed by atoms with Gasteiger partial charge in [0, 0.05) is 25.2 Å². The van der Waals surface area contributed by atoms with Gasteiger partial charge in [-0.05, 0) is 30.4 Å². The number of halogens is 3. The largest absolute Gasteiger partial charge is 0.490 e. The Morgan fingerprint density at radius 1 is 1.15 bits per heavy atom. The second-order valence-electron chi connectivity index (χ2n) is 8.76. The summed E-state index contributed by atoms with van der Waals surface area (Å²) in [5, 5.41) is 10.4. The van der Waals surface area contributed by atoms with Crippen molar-refractivity contribution in [1.82, 2.24) is 10.2 Å². The number of carboxylic acids is 1.